The van der Waals surface area contributed by atoms with Crippen molar-refractivity contribution < 1.29 is 24.2 Å². The summed E-state index contributed by atoms with van der Waals surface area (Å²) in [5, 5.41) is 15.0. The minimum absolute atomic E-state index is 0.0957. The topological polar surface area (TPSA) is 105 Å². The summed E-state index contributed by atoms with van der Waals surface area (Å²) in [6.45, 7) is 1.40. The van der Waals surface area contributed by atoms with Crippen LogP contribution in [0.25, 0.3) is 0 Å². The fourth-order valence-electron chi connectivity index (χ4n) is 3.93. The van der Waals surface area contributed by atoms with Crippen LogP contribution in [0.2, 0.25) is 0 Å². The molecule has 2 atom stereocenters. The van der Waals surface area contributed by atoms with Crippen molar-refractivity contribution in [3.8, 4) is 0 Å². The minimum atomic E-state index is -1.05. The van der Waals surface area contributed by atoms with Crippen molar-refractivity contribution in [3.05, 3.63) is 35.4 Å². The van der Waals surface area contributed by atoms with Gasteiger partial charge in [-0.2, -0.15) is 0 Å². The van der Waals surface area contributed by atoms with Crippen LogP contribution in [-0.4, -0.2) is 42.1 Å². The first-order valence-electron chi connectivity index (χ1n) is 10.0. The first-order chi connectivity index (χ1) is 13.5. The highest BCUT2D eigenvalue weighted by Crippen LogP contribution is 2.24. The molecule has 1 aromatic rings. The Kier molecular flexibility index (Phi) is 7.03. The molecule has 1 aliphatic heterocycles. The molecule has 1 heterocycles. The average Bonchev–Trinajstić information content (AvgIpc) is 3.26. The molecular formula is C21H28N2O5. The van der Waals surface area contributed by atoms with Gasteiger partial charge in [0.25, 0.3) is 5.91 Å². The number of carbonyl (C=O) groups is 3. The molecule has 2 amide bonds. The van der Waals surface area contributed by atoms with E-state index in [1.807, 2.05) is 0 Å². The van der Waals surface area contributed by atoms with Gasteiger partial charge in [-0.05, 0) is 43.4 Å². The van der Waals surface area contributed by atoms with Crippen LogP contribution in [0.5, 0.6) is 0 Å². The summed E-state index contributed by atoms with van der Waals surface area (Å²) in [6.07, 6.45) is 5.67. The molecule has 7 nitrogen and oxygen atoms in total. The van der Waals surface area contributed by atoms with E-state index < -0.39 is 17.9 Å². The quantitative estimate of drug-likeness (QED) is 0.663. The van der Waals surface area contributed by atoms with Crippen LogP contribution in [-0.2, 0) is 20.9 Å². The lowest BCUT2D eigenvalue weighted by Crippen LogP contribution is -2.48. The second-order valence-electron chi connectivity index (χ2n) is 7.66. The third-order valence-electron chi connectivity index (χ3n) is 5.63. The summed E-state index contributed by atoms with van der Waals surface area (Å²) >= 11 is 0. The number of aliphatic carboxylic acids is 1. The van der Waals surface area contributed by atoms with Crippen LogP contribution in [0.1, 0.15) is 54.4 Å². The maximum atomic E-state index is 12.5. The predicted molar refractivity (Wildman–Crippen MR) is 103 cm³/mol. The van der Waals surface area contributed by atoms with Gasteiger partial charge in [0, 0.05) is 30.6 Å². The number of carboxylic acid groups (broad SMARTS) is 1. The molecule has 1 aromatic carbocycles. The van der Waals surface area contributed by atoms with Crippen molar-refractivity contribution in [3.63, 3.8) is 0 Å². The normalized spacial score (nSPS) is 21.1. The highest BCUT2D eigenvalue weighted by atomic mass is 16.5. The molecule has 0 spiro atoms. The number of amides is 2. The van der Waals surface area contributed by atoms with Crippen molar-refractivity contribution in [2.24, 2.45) is 11.8 Å². The number of hydrogen-bond acceptors (Lipinski definition) is 4. The van der Waals surface area contributed by atoms with Gasteiger partial charge in [-0.15, -0.1) is 0 Å². The first kappa shape index (κ1) is 20.3. The monoisotopic (exact) mass is 388 g/mol. The van der Waals surface area contributed by atoms with Gasteiger partial charge in [0.2, 0.25) is 5.91 Å². The summed E-state index contributed by atoms with van der Waals surface area (Å²) < 4.78 is 5.35. The Morgan fingerprint density at radius 3 is 2.39 bits per heavy atom. The van der Waals surface area contributed by atoms with Crippen molar-refractivity contribution >= 4 is 17.8 Å². The van der Waals surface area contributed by atoms with E-state index in [2.05, 4.69) is 10.6 Å². The highest BCUT2D eigenvalue weighted by molar-refractivity contribution is 5.96. The highest BCUT2D eigenvalue weighted by Gasteiger charge is 2.31. The Labute approximate surface area is 164 Å². The molecule has 0 radical (unpaired) electrons. The van der Waals surface area contributed by atoms with E-state index in [9.17, 15) is 19.5 Å². The summed E-state index contributed by atoms with van der Waals surface area (Å²) in [5.74, 6) is -1.46. The second kappa shape index (κ2) is 9.68. The molecule has 0 aromatic heterocycles. The van der Waals surface area contributed by atoms with E-state index in [0.717, 1.165) is 44.1 Å². The van der Waals surface area contributed by atoms with Gasteiger partial charge in [-0.25, -0.2) is 4.79 Å². The van der Waals surface area contributed by atoms with Crippen molar-refractivity contribution in [2.75, 3.05) is 13.2 Å². The molecule has 3 N–H and O–H groups in total. The van der Waals surface area contributed by atoms with Crippen LogP contribution in [0.4, 0.5) is 0 Å². The van der Waals surface area contributed by atoms with Crippen molar-refractivity contribution in [1.29, 1.82) is 0 Å². The van der Waals surface area contributed by atoms with Crippen molar-refractivity contribution in [2.45, 2.75) is 51.1 Å². The van der Waals surface area contributed by atoms with E-state index >= 15 is 0 Å². The molecule has 1 saturated carbocycles. The van der Waals surface area contributed by atoms with E-state index in [1.54, 1.807) is 24.3 Å². The van der Waals surface area contributed by atoms with Crippen LogP contribution in [0.3, 0.4) is 0 Å². The van der Waals surface area contributed by atoms with Crippen LogP contribution in [0, 0.1) is 11.8 Å². The number of ether oxygens (including phenoxy) is 1. The standard InChI is InChI=1S/C21H28N2O5/c24-19(15-4-1-2-5-15)22-12-14-7-9-16(10-8-14)20(25)23-18(21(26)27)17-6-3-11-28-13-17/h7-10,15,17-18H,1-6,11-13H2,(H,22,24)(H,23,25)(H,26,27). The molecule has 2 aliphatic rings. The first-order valence-corrected chi connectivity index (χ1v) is 10.0. The lowest BCUT2D eigenvalue weighted by atomic mass is 9.93. The number of carbonyl (C=O) groups excluding carboxylic acids is 2. The van der Waals surface area contributed by atoms with E-state index in [4.69, 9.17) is 4.74 Å². The third-order valence-corrected chi connectivity index (χ3v) is 5.63. The van der Waals surface area contributed by atoms with Crippen LogP contribution >= 0.6 is 0 Å². The Balaban J connectivity index is 1.53. The van der Waals surface area contributed by atoms with Gasteiger partial charge in [0.1, 0.15) is 6.04 Å². The third kappa shape index (κ3) is 5.32. The molecule has 1 saturated heterocycles. The van der Waals surface area contributed by atoms with Crippen LogP contribution in [0.15, 0.2) is 24.3 Å². The zero-order valence-corrected chi connectivity index (χ0v) is 16.0. The number of nitrogens with one attached hydrogen (secondary N) is 2. The average molecular weight is 388 g/mol. The predicted octanol–water partition coefficient (Wildman–Crippen LogP) is 2.10. The second-order valence-corrected chi connectivity index (χ2v) is 7.66. The molecule has 28 heavy (non-hydrogen) atoms. The molecular weight excluding hydrogens is 360 g/mol. The van der Waals surface area contributed by atoms with Crippen LogP contribution < -0.4 is 10.6 Å². The van der Waals surface area contributed by atoms with Gasteiger partial charge in [0.05, 0.1) is 6.61 Å². The molecule has 3 rings (SSSR count). The summed E-state index contributed by atoms with van der Waals surface area (Å²) in [5.41, 5.74) is 1.30. The smallest absolute Gasteiger partial charge is 0.326 e. The SMILES string of the molecule is O=C(NC(C(=O)O)C1CCCOC1)c1ccc(CNC(=O)C2CCCC2)cc1. The molecule has 152 valence electrons. The molecule has 2 fully saturated rings. The molecule has 2 unspecified atom stereocenters. The number of rotatable bonds is 7. The Morgan fingerprint density at radius 2 is 1.79 bits per heavy atom. The fourth-order valence-corrected chi connectivity index (χ4v) is 3.93. The molecule has 0 bridgehead atoms. The lowest BCUT2D eigenvalue weighted by Gasteiger charge is -2.28. The Bertz CT molecular complexity index is 691. The summed E-state index contributed by atoms with van der Waals surface area (Å²) in [7, 11) is 0. The molecule has 1 aliphatic carbocycles. The van der Waals surface area contributed by atoms with Gasteiger partial charge in [-0.1, -0.05) is 25.0 Å². The number of benzene rings is 1. The van der Waals surface area contributed by atoms with Gasteiger partial charge >= 0.3 is 5.97 Å². The lowest BCUT2D eigenvalue weighted by molar-refractivity contribution is -0.142. The van der Waals surface area contributed by atoms with E-state index in [1.165, 1.54) is 0 Å². The summed E-state index contributed by atoms with van der Waals surface area (Å²) in [4.78, 5) is 36.1. The van der Waals surface area contributed by atoms with E-state index in [0.29, 0.717) is 25.3 Å². The Hall–Kier alpha value is -2.41. The zero-order valence-electron chi connectivity index (χ0n) is 16.0. The van der Waals surface area contributed by atoms with Gasteiger partial charge in [-0.3, -0.25) is 9.59 Å². The molecule has 7 heteroatoms. The van der Waals surface area contributed by atoms with Gasteiger partial charge < -0.3 is 20.5 Å². The fraction of sp³-hybridized carbons (Fsp3) is 0.571. The maximum absolute atomic E-state index is 12.5. The number of carboxylic acids is 1. The minimum Gasteiger partial charge on any atom is -0.480 e. The van der Waals surface area contributed by atoms with E-state index in [-0.39, 0.29) is 17.7 Å². The Morgan fingerprint density at radius 1 is 1.07 bits per heavy atom. The zero-order chi connectivity index (χ0) is 19.9. The summed E-state index contributed by atoms with van der Waals surface area (Å²) in [6, 6.07) is 5.91. The van der Waals surface area contributed by atoms with Crippen molar-refractivity contribution in [1.82, 2.24) is 10.6 Å². The van der Waals surface area contributed by atoms with Gasteiger partial charge in [0.15, 0.2) is 0 Å². The maximum Gasteiger partial charge on any atom is 0.326 e. The largest absolute Gasteiger partial charge is 0.480 e. The number of hydrogen-bond donors (Lipinski definition) is 3.